The summed E-state index contributed by atoms with van der Waals surface area (Å²) in [5.41, 5.74) is 9.79. The van der Waals surface area contributed by atoms with Crippen molar-refractivity contribution >= 4 is 46.0 Å². The highest BCUT2D eigenvalue weighted by atomic mass is 32.1. The van der Waals surface area contributed by atoms with Gasteiger partial charge in [-0.15, -0.1) is 11.3 Å². The zero-order valence-corrected chi connectivity index (χ0v) is 24.2. The number of carbonyl (C=O) groups excluding carboxylic acids is 2. The van der Waals surface area contributed by atoms with Crippen LogP contribution < -0.4 is 4.90 Å². The third kappa shape index (κ3) is 3.99. The number of hydrogen-bond donors (Lipinski definition) is 0. The highest BCUT2D eigenvalue weighted by Crippen LogP contribution is 2.53. The molecular weight excluding hydrogens is 524 g/mol. The van der Waals surface area contributed by atoms with Crippen LogP contribution in [0.5, 0.6) is 0 Å². The van der Waals surface area contributed by atoms with Gasteiger partial charge in [0.25, 0.3) is 0 Å². The minimum absolute atomic E-state index is 0.200. The average molecular weight is 553 g/mol. The van der Waals surface area contributed by atoms with Gasteiger partial charge >= 0.3 is 0 Å². The Hall–Kier alpha value is -4.61. The standard InChI is InChI=1S/C36H28N2O2S/c1-21-9-13-23(14-10-21)38(24-15-11-22(2)12-16-24)25-17-30-32(37-20-25)35-31(36(30,3)4)19-26(41-35)18-29-33(39)27-7-5-6-8-28(27)34(29)40/h5-20H,1-4H3. The topological polar surface area (TPSA) is 50.3 Å². The first-order valence-corrected chi connectivity index (χ1v) is 14.5. The van der Waals surface area contributed by atoms with E-state index in [2.05, 4.69) is 93.3 Å². The maximum absolute atomic E-state index is 13.0. The molecule has 0 radical (unpaired) electrons. The number of Topliss-reactive ketones (excluding diaryl/α,β-unsaturated/α-hetero) is 2. The zero-order chi connectivity index (χ0) is 28.5. The third-order valence-corrected chi connectivity index (χ3v) is 9.31. The molecular formula is C36H28N2O2S. The van der Waals surface area contributed by atoms with Gasteiger partial charge in [-0.1, -0.05) is 73.5 Å². The molecule has 0 atom stereocenters. The summed E-state index contributed by atoms with van der Waals surface area (Å²) in [6.07, 6.45) is 3.70. The minimum Gasteiger partial charge on any atom is -0.309 e. The van der Waals surface area contributed by atoms with Crippen LogP contribution in [0.15, 0.2) is 96.7 Å². The fraction of sp³-hybridized carbons (Fsp3) is 0.139. The van der Waals surface area contributed by atoms with E-state index in [1.807, 2.05) is 6.20 Å². The zero-order valence-electron chi connectivity index (χ0n) is 23.4. The first kappa shape index (κ1) is 25.4. The van der Waals surface area contributed by atoms with E-state index in [0.29, 0.717) is 11.1 Å². The third-order valence-electron chi connectivity index (χ3n) is 8.22. The Kier molecular flexibility index (Phi) is 5.70. The van der Waals surface area contributed by atoms with Crippen molar-refractivity contribution in [1.29, 1.82) is 0 Å². The second-order valence-corrected chi connectivity index (χ2v) is 12.5. The Labute approximate surface area is 243 Å². The summed E-state index contributed by atoms with van der Waals surface area (Å²) in [6, 6.07) is 28.5. The number of aryl methyl sites for hydroxylation is 2. The number of aromatic nitrogens is 1. The van der Waals surface area contributed by atoms with E-state index in [1.165, 1.54) is 22.3 Å². The van der Waals surface area contributed by atoms with Gasteiger partial charge < -0.3 is 4.90 Å². The van der Waals surface area contributed by atoms with E-state index in [1.54, 1.807) is 41.7 Å². The highest BCUT2D eigenvalue weighted by Gasteiger charge is 2.40. The van der Waals surface area contributed by atoms with Crippen LogP contribution in [-0.2, 0) is 5.41 Å². The molecule has 0 unspecified atom stereocenters. The quantitative estimate of drug-likeness (QED) is 0.165. The molecule has 0 fully saturated rings. The van der Waals surface area contributed by atoms with Gasteiger partial charge in [-0.3, -0.25) is 14.6 Å². The average Bonchev–Trinajstić information content (AvgIpc) is 3.57. The molecule has 5 heteroatoms. The number of thiophene rings is 1. The summed E-state index contributed by atoms with van der Waals surface area (Å²) in [7, 11) is 0. The molecule has 0 spiro atoms. The summed E-state index contributed by atoms with van der Waals surface area (Å²) < 4.78 is 0. The summed E-state index contributed by atoms with van der Waals surface area (Å²) in [5.74, 6) is -0.400. The van der Waals surface area contributed by atoms with Crippen molar-refractivity contribution in [3.05, 3.63) is 135 Å². The monoisotopic (exact) mass is 552 g/mol. The lowest BCUT2D eigenvalue weighted by atomic mass is 9.83. The van der Waals surface area contributed by atoms with Crippen LogP contribution in [0.1, 0.15) is 61.7 Å². The minimum atomic E-state index is -0.292. The number of allylic oxidation sites excluding steroid dienone is 1. The van der Waals surface area contributed by atoms with Crippen LogP contribution >= 0.6 is 11.3 Å². The van der Waals surface area contributed by atoms with E-state index in [9.17, 15) is 9.59 Å². The molecule has 2 aromatic heterocycles. The van der Waals surface area contributed by atoms with Crippen molar-refractivity contribution in [2.45, 2.75) is 33.1 Å². The van der Waals surface area contributed by atoms with Crippen molar-refractivity contribution in [2.24, 2.45) is 0 Å². The van der Waals surface area contributed by atoms with Gasteiger partial charge in [-0.2, -0.15) is 0 Å². The second-order valence-electron chi connectivity index (χ2n) is 11.4. The van der Waals surface area contributed by atoms with Crippen LogP contribution in [0.25, 0.3) is 16.6 Å². The second kappa shape index (κ2) is 9.22. The van der Waals surface area contributed by atoms with Crippen LogP contribution in [-0.4, -0.2) is 16.6 Å². The maximum atomic E-state index is 13.0. The number of fused-ring (bicyclic) bond motifs is 4. The summed E-state index contributed by atoms with van der Waals surface area (Å²) in [6.45, 7) is 8.63. The summed E-state index contributed by atoms with van der Waals surface area (Å²) in [4.78, 5) is 35.2. The summed E-state index contributed by atoms with van der Waals surface area (Å²) in [5, 5.41) is 0. The fourth-order valence-electron chi connectivity index (χ4n) is 5.88. The molecule has 41 heavy (non-hydrogen) atoms. The maximum Gasteiger partial charge on any atom is 0.197 e. The van der Waals surface area contributed by atoms with Crippen molar-refractivity contribution in [3.63, 3.8) is 0 Å². The molecule has 200 valence electrons. The number of ketones is 2. The van der Waals surface area contributed by atoms with E-state index < -0.39 is 0 Å². The van der Waals surface area contributed by atoms with Crippen molar-refractivity contribution in [3.8, 4) is 10.6 Å². The molecule has 0 saturated heterocycles. The Morgan fingerprint density at radius 2 is 1.29 bits per heavy atom. The molecule has 2 aliphatic carbocycles. The van der Waals surface area contributed by atoms with Gasteiger partial charge in [0.2, 0.25) is 0 Å². The van der Waals surface area contributed by atoms with Gasteiger partial charge in [0.15, 0.2) is 11.6 Å². The van der Waals surface area contributed by atoms with Crippen molar-refractivity contribution in [1.82, 2.24) is 4.98 Å². The SMILES string of the molecule is Cc1ccc(N(c2ccc(C)cc2)c2cnc3c(c2)C(C)(C)c2cc(C=C4C(=O)c5ccccc5C4=O)sc2-3)cc1. The van der Waals surface area contributed by atoms with Crippen molar-refractivity contribution in [2.75, 3.05) is 4.90 Å². The molecule has 3 aromatic carbocycles. The van der Waals surface area contributed by atoms with Gasteiger partial charge in [0.1, 0.15) is 0 Å². The number of hydrogen-bond acceptors (Lipinski definition) is 5. The number of pyridine rings is 1. The van der Waals surface area contributed by atoms with Crippen LogP contribution in [0.3, 0.4) is 0 Å². The summed E-state index contributed by atoms with van der Waals surface area (Å²) >= 11 is 1.59. The molecule has 0 amide bonds. The van der Waals surface area contributed by atoms with Crippen LogP contribution in [0.2, 0.25) is 0 Å². The molecule has 7 rings (SSSR count). The normalized spacial score (nSPS) is 14.6. The molecule has 0 bridgehead atoms. The predicted octanol–water partition coefficient (Wildman–Crippen LogP) is 9.00. The van der Waals surface area contributed by atoms with Gasteiger partial charge in [0, 0.05) is 32.8 Å². The Morgan fingerprint density at radius 1 is 0.732 bits per heavy atom. The van der Waals surface area contributed by atoms with E-state index >= 15 is 0 Å². The number of benzene rings is 3. The van der Waals surface area contributed by atoms with Gasteiger partial charge in [0.05, 0.1) is 28.0 Å². The Bertz CT molecular complexity index is 1830. The molecule has 0 N–H and O–H groups in total. The van der Waals surface area contributed by atoms with E-state index in [-0.39, 0.29) is 22.6 Å². The molecule has 5 aromatic rings. The molecule has 0 aliphatic heterocycles. The van der Waals surface area contributed by atoms with E-state index in [4.69, 9.17) is 4.98 Å². The molecule has 2 heterocycles. The number of nitrogens with zero attached hydrogens (tertiary/aromatic N) is 2. The highest BCUT2D eigenvalue weighted by molar-refractivity contribution is 7.16. The van der Waals surface area contributed by atoms with Gasteiger partial charge in [-0.05, 0) is 67.4 Å². The van der Waals surface area contributed by atoms with Crippen LogP contribution in [0.4, 0.5) is 17.1 Å². The van der Waals surface area contributed by atoms with Crippen LogP contribution in [0, 0.1) is 13.8 Å². The molecule has 0 saturated carbocycles. The lowest BCUT2D eigenvalue weighted by Gasteiger charge is -2.27. The number of anilines is 3. The first-order valence-electron chi connectivity index (χ1n) is 13.7. The lowest BCUT2D eigenvalue weighted by molar-refractivity contribution is 0.0990. The molecule has 2 aliphatic rings. The largest absolute Gasteiger partial charge is 0.309 e. The Morgan fingerprint density at radius 3 is 1.85 bits per heavy atom. The lowest BCUT2D eigenvalue weighted by Crippen LogP contribution is -2.17. The number of carbonyl (C=O) groups is 2. The first-order chi connectivity index (χ1) is 19.7. The Balaban J connectivity index is 1.30. The smallest absolute Gasteiger partial charge is 0.197 e. The predicted molar refractivity (Wildman–Crippen MR) is 167 cm³/mol. The van der Waals surface area contributed by atoms with Gasteiger partial charge in [-0.25, -0.2) is 0 Å². The number of rotatable bonds is 4. The van der Waals surface area contributed by atoms with Crippen molar-refractivity contribution < 1.29 is 9.59 Å². The molecule has 4 nitrogen and oxygen atoms in total. The van der Waals surface area contributed by atoms with E-state index in [0.717, 1.165) is 32.5 Å². The fourth-order valence-corrected chi connectivity index (χ4v) is 7.15.